The molecule has 2 nitrogen and oxygen atoms in total. The lowest BCUT2D eigenvalue weighted by atomic mass is 10.1. The molecular weight excluding hydrogens is 210 g/mol. The third-order valence-electron chi connectivity index (χ3n) is 2.92. The molecule has 0 saturated heterocycles. The summed E-state index contributed by atoms with van der Waals surface area (Å²) < 4.78 is 5.67. The maximum atomic E-state index is 5.88. The van der Waals surface area contributed by atoms with Gasteiger partial charge in [0.2, 0.25) is 0 Å². The van der Waals surface area contributed by atoms with E-state index in [1.54, 1.807) is 0 Å². The van der Waals surface area contributed by atoms with Crippen molar-refractivity contribution in [3.8, 4) is 5.75 Å². The van der Waals surface area contributed by atoms with E-state index in [-0.39, 0.29) is 0 Å². The molecule has 1 rings (SSSR count). The second kappa shape index (κ2) is 7.99. The van der Waals surface area contributed by atoms with E-state index in [9.17, 15) is 0 Å². The zero-order chi connectivity index (χ0) is 12.5. The predicted molar refractivity (Wildman–Crippen MR) is 74.5 cm³/mol. The molecule has 0 atom stereocenters. The van der Waals surface area contributed by atoms with Crippen molar-refractivity contribution in [1.82, 2.24) is 0 Å². The molecule has 0 saturated carbocycles. The van der Waals surface area contributed by atoms with E-state index in [2.05, 4.69) is 6.92 Å². The van der Waals surface area contributed by atoms with Gasteiger partial charge in [0.1, 0.15) is 5.75 Å². The van der Waals surface area contributed by atoms with Gasteiger partial charge in [0.25, 0.3) is 0 Å². The molecule has 0 amide bonds. The van der Waals surface area contributed by atoms with Gasteiger partial charge in [0.15, 0.2) is 0 Å². The Labute approximate surface area is 105 Å². The first-order valence-electron chi connectivity index (χ1n) is 6.73. The number of hydrogen-bond donors (Lipinski definition) is 1. The fraction of sp³-hybridized carbons (Fsp3) is 0.600. The second-order valence-corrected chi connectivity index (χ2v) is 4.66. The van der Waals surface area contributed by atoms with Crippen LogP contribution in [-0.4, -0.2) is 6.61 Å². The molecule has 1 aromatic carbocycles. The fourth-order valence-electron chi connectivity index (χ4n) is 1.86. The van der Waals surface area contributed by atoms with Crippen molar-refractivity contribution in [2.45, 2.75) is 52.4 Å². The molecule has 17 heavy (non-hydrogen) atoms. The largest absolute Gasteiger partial charge is 0.491 e. The van der Waals surface area contributed by atoms with Crippen LogP contribution in [0.4, 0.5) is 5.69 Å². The number of nitrogens with two attached hydrogens (primary N) is 1. The molecule has 0 aliphatic rings. The zero-order valence-corrected chi connectivity index (χ0v) is 11.2. The summed E-state index contributed by atoms with van der Waals surface area (Å²) in [6, 6.07) is 5.95. The number of benzene rings is 1. The number of anilines is 1. The first kappa shape index (κ1) is 13.9. The molecule has 2 N–H and O–H groups in total. The molecule has 0 radical (unpaired) electrons. The van der Waals surface area contributed by atoms with Crippen LogP contribution in [0.2, 0.25) is 0 Å². The van der Waals surface area contributed by atoms with Gasteiger partial charge in [-0.05, 0) is 31.0 Å². The molecule has 1 aromatic rings. The molecule has 0 spiro atoms. The lowest BCUT2D eigenvalue weighted by Crippen LogP contribution is -2.00. The molecule has 0 bridgehead atoms. The zero-order valence-electron chi connectivity index (χ0n) is 11.2. The van der Waals surface area contributed by atoms with Crippen LogP contribution in [0, 0.1) is 6.92 Å². The Bertz CT molecular complexity index is 323. The van der Waals surface area contributed by atoms with E-state index < -0.39 is 0 Å². The maximum Gasteiger partial charge on any atom is 0.142 e. The van der Waals surface area contributed by atoms with Crippen molar-refractivity contribution in [3.63, 3.8) is 0 Å². The monoisotopic (exact) mass is 235 g/mol. The predicted octanol–water partition coefficient (Wildman–Crippen LogP) is 4.32. The van der Waals surface area contributed by atoms with Crippen molar-refractivity contribution in [2.75, 3.05) is 12.3 Å². The summed E-state index contributed by atoms with van der Waals surface area (Å²) >= 11 is 0. The van der Waals surface area contributed by atoms with E-state index >= 15 is 0 Å². The van der Waals surface area contributed by atoms with Crippen molar-refractivity contribution in [1.29, 1.82) is 0 Å². The molecule has 0 unspecified atom stereocenters. The number of ether oxygens (including phenoxy) is 1. The van der Waals surface area contributed by atoms with Gasteiger partial charge in [-0.2, -0.15) is 0 Å². The molecule has 0 aromatic heterocycles. The smallest absolute Gasteiger partial charge is 0.142 e. The van der Waals surface area contributed by atoms with Crippen molar-refractivity contribution < 1.29 is 4.74 Å². The van der Waals surface area contributed by atoms with Gasteiger partial charge >= 0.3 is 0 Å². The minimum atomic E-state index is 0.746. The van der Waals surface area contributed by atoms with Crippen molar-refractivity contribution >= 4 is 5.69 Å². The summed E-state index contributed by atoms with van der Waals surface area (Å²) in [4.78, 5) is 0. The SMILES string of the molecule is CCCCCCCCOc1ccc(C)cc1N. The van der Waals surface area contributed by atoms with Crippen LogP contribution >= 0.6 is 0 Å². The minimum absolute atomic E-state index is 0.746. The highest BCUT2D eigenvalue weighted by atomic mass is 16.5. The van der Waals surface area contributed by atoms with Crippen LogP contribution in [-0.2, 0) is 0 Å². The van der Waals surface area contributed by atoms with E-state index in [4.69, 9.17) is 10.5 Å². The molecule has 0 fully saturated rings. The van der Waals surface area contributed by atoms with Gasteiger partial charge in [-0.1, -0.05) is 45.1 Å². The average Bonchev–Trinajstić information content (AvgIpc) is 2.30. The topological polar surface area (TPSA) is 35.2 Å². The quantitative estimate of drug-likeness (QED) is 0.538. The minimum Gasteiger partial charge on any atom is -0.491 e. The third kappa shape index (κ3) is 5.62. The van der Waals surface area contributed by atoms with E-state index in [0.29, 0.717) is 0 Å². The van der Waals surface area contributed by atoms with Gasteiger partial charge < -0.3 is 10.5 Å². The molecule has 2 heteroatoms. The summed E-state index contributed by atoms with van der Waals surface area (Å²) in [6.07, 6.45) is 7.70. The summed E-state index contributed by atoms with van der Waals surface area (Å²) in [7, 11) is 0. The van der Waals surface area contributed by atoms with E-state index in [1.165, 1.54) is 37.7 Å². The van der Waals surface area contributed by atoms with Gasteiger partial charge in [-0.25, -0.2) is 0 Å². The lowest BCUT2D eigenvalue weighted by Gasteiger charge is -2.09. The average molecular weight is 235 g/mol. The number of rotatable bonds is 8. The Morgan fingerprint density at radius 2 is 1.76 bits per heavy atom. The normalized spacial score (nSPS) is 10.5. The Kier molecular flexibility index (Phi) is 6.53. The number of aryl methyl sites for hydroxylation is 1. The number of unbranched alkanes of at least 4 members (excludes halogenated alkanes) is 5. The number of nitrogen functional groups attached to an aromatic ring is 1. The first-order chi connectivity index (χ1) is 8.24. The van der Waals surface area contributed by atoms with Crippen molar-refractivity contribution in [3.05, 3.63) is 23.8 Å². The van der Waals surface area contributed by atoms with Crippen LogP contribution in [0.25, 0.3) is 0 Å². The Morgan fingerprint density at radius 1 is 1.06 bits per heavy atom. The lowest BCUT2D eigenvalue weighted by molar-refractivity contribution is 0.306. The van der Waals surface area contributed by atoms with Gasteiger partial charge in [-0.3, -0.25) is 0 Å². The summed E-state index contributed by atoms with van der Waals surface area (Å²) in [5, 5.41) is 0. The van der Waals surface area contributed by atoms with Crippen LogP contribution < -0.4 is 10.5 Å². The number of hydrogen-bond acceptors (Lipinski definition) is 2. The van der Waals surface area contributed by atoms with Crippen LogP contribution in [0.5, 0.6) is 5.75 Å². The fourth-order valence-corrected chi connectivity index (χ4v) is 1.86. The van der Waals surface area contributed by atoms with Gasteiger partial charge in [0.05, 0.1) is 12.3 Å². The summed E-state index contributed by atoms with van der Waals surface area (Å²) in [5.74, 6) is 0.823. The molecule has 0 heterocycles. The van der Waals surface area contributed by atoms with Crippen LogP contribution in [0.15, 0.2) is 18.2 Å². The van der Waals surface area contributed by atoms with Gasteiger partial charge in [0, 0.05) is 0 Å². The molecule has 96 valence electrons. The highest BCUT2D eigenvalue weighted by Crippen LogP contribution is 2.22. The Balaban J connectivity index is 2.14. The van der Waals surface area contributed by atoms with E-state index in [0.717, 1.165) is 24.5 Å². The summed E-state index contributed by atoms with van der Waals surface area (Å²) in [6.45, 7) is 5.05. The summed E-state index contributed by atoms with van der Waals surface area (Å²) in [5.41, 5.74) is 7.80. The Morgan fingerprint density at radius 3 is 2.47 bits per heavy atom. The van der Waals surface area contributed by atoms with Crippen LogP contribution in [0.3, 0.4) is 0 Å². The second-order valence-electron chi connectivity index (χ2n) is 4.66. The first-order valence-corrected chi connectivity index (χ1v) is 6.73. The standard InChI is InChI=1S/C15H25NO/c1-3-4-5-6-7-8-11-17-15-10-9-13(2)12-14(15)16/h9-10,12H,3-8,11,16H2,1-2H3. The highest BCUT2D eigenvalue weighted by Gasteiger charge is 1.99. The van der Waals surface area contributed by atoms with E-state index in [1.807, 2.05) is 25.1 Å². The van der Waals surface area contributed by atoms with Crippen LogP contribution in [0.1, 0.15) is 51.0 Å². The highest BCUT2D eigenvalue weighted by molar-refractivity contribution is 5.53. The molecule has 0 aliphatic heterocycles. The van der Waals surface area contributed by atoms with Crippen molar-refractivity contribution in [2.24, 2.45) is 0 Å². The third-order valence-corrected chi connectivity index (χ3v) is 2.92. The molecule has 0 aliphatic carbocycles. The maximum absolute atomic E-state index is 5.88. The Hall–Kier alpha value is -1.18. The van der Waals surface area contributed by atoms with Gasteiger partial charge in [-0.15, -0.1) is 0 Å². The molecular formula is C15H25NO.